The smallest absolute Gasteiger partial charge is 0.324 e. The summed E-state index contributed by atoms with van der Waals surface area (Å²) < 4.78 is 39.7. The molecule has 0 bridgehead atoms. The van der Waals surface area contributed by atoms with Gasteiger partial charge in [-0.15, -0.1) is 11.3 Å². The van der Waals surface area contributed by atoms with Crippen molar-refractivity contribution in [2.75, 3.05) is 0 Å². The van der Waals surface area contributed by atoms with Crippen LogP contribution in [0, 0.1) is 0 Å². The van der Waals surface area contributed by atoms with Crippen LogP contribution in [0.15, 0.2) is 38.6 Å². The van der Waals surface area contributed by atoms with Crippen LogP contribution in [-0.4, -0.2) is 0 Å². The van der Waals surface area contributed by atoms with Gasteiger partial charge in [-0.05, 0) is 51.1 Å². The van der Waals surface area contributed by atoms with Gasteiger partial charge in [-0.25, -0.2) is 0 Å². The van der Waals surface area contributed by atoms with Crippen LogP contribution >= 0.6 is 43.2 Å². The zero-order valence-electron chi connectivity index (χ0n) is 10.0. The van der Waals surface area contributed by atoms with Crippen molar-refractivity contribution in [3.8, 4) is 0 Å². The molecule has 0 aliphatic carbocycles. The van der Waals surface area contributed by atoms with E-state index in [9.17, 15) is 13.2 Å². The number of hydrogen-bond acceptors (Lipinski definition) is 2. The SMILES string of the molecule is NC(Cc1sccc1Br)c1cc(C(F)(F)F)ccc1Br. The van der Waals surface area contributed by atoms with Gasteiger partial charge in [0.25, 0.3) is 0 Å². The van der Waals surface area contributed by atoms with E-state index >= 15 is 0 Å². The fourth-order valence-corrected chi connectivity index (χ4v) is 3.90. The molecule has 1 aromatic carbocycles. The highest BCUT2D eigenvalue weighted by Gasteiger charge is 2.31. The van der Waals surface area contributed by atoms with Crippen molar-refractivity contribution in [2.24, 2.45) is 5.73 Å². The molecular weight excluding hydrogens is 419 g/mol. The third kappa shape index (κ3) is 3.63. The minimum atomic E-state index is -4.36. The minimum Gasteiger partial charge on any atom is -0.324 e. The summed E-state index contributed by atoms with van der Waals surface area (Å²) in [5.41, 5.74) is 5.83. The average molecular weight is 429 g/mol. The summed E-state index contributed by atoms with van der Waals surface area (Å²) >= 11 is 8.18. The van der Waals surface area contributed by atoms with E-state index in [1.807, 2.05) is 11.4 Å². The first-order chi connectivity index (χ1) is 9.29. The first kappa shape index (κ1) is 16.0. The summed E-state index contributed by atoms with van der Waals surface area (Å²) in [6.45, 7) is 0. The summed E-state index contributed by atoms with van der Waals surface area (Å²) in [5.74, 6) is 0. The van der Waals surface area contributed by atoms with E-state index in [0.717, 1.165) is 21.5 Å². The fraction of sp³-hybridized carbons (Fsp3) is 0.231. The highest BCUT2D eigenvalue weighted by Crippen LogP contribution is 2.35. The summed E-state index contributed by atoms with van der Waals surface area (Å²) in [6, 6.07) is 4.94. The Bertz CT molecular complexity index is 610. The Balaban J connectivity index is 2.29. The Hall–Kier alpha value is -0.370. The van der Waals surface area contributed by atoms with E-state index in [2.05, 4.69) is 31.9 Å². The number of hydrogen-bond donors (Lipinski definition) is 1. The molecule has 1 atom stereocenters. The zero-order chi connectivity index (χ0) is 14.9. The summed E-state index contributed by atoms with van der Waals surface area (Å²) in [7, 11) is 0. The van der Waals surface area contributed by atoms with Crippen molar-refractivity contribution >= 4 is 43.2 Å². The number of benzene rings is 1. The van der Waals surface area contributed by atoms with E-state index in [0.29, 0.717) is 16.5 Å². The highest BCUT2D eigenvalue weighted by molar-refractivity contribution is 9.10. The Labute approximate surface area is 135 Å². The largest absolute Gasteiger partial charge is 0.416 e. The van der Waals surface area contributed by atoms with Gasteiger partial charge >= 0.3 is 6.18 Å². The second-order valence-corrected chi connectivity index (χ2v) is 6.95. The minimum absolute atomic E-state index is 0.458. The van der Waals surface area contributed by atoms with E-state index in [1.54, 1.807) is 0 Å². The van der Waals surface area contributed by atoms with Gasteiger partial charge in [0.2, 0.25) is 0 Å². The third-order valence-corrected chi connectivity index (χ3v) is 5.49. The number of nitrogens with two attached hydrogens (primary N) is 1. The normalized spacial score (nSPS) is 13.5. The average Bonchev–Trinajstić information content (AvgIpc) is 2.74. The molecule has 0 saturated heterocycles. The monoisotopic (exact) mass is 427 g/mol. The lowest BCUT2D eigenvalue weighted by Crippen LogP contribution is -2.15. The van der Waals surface area contributed by atoms with Gasteiger partial charge in [0.05, 0.1) is 5.56 Å². The molecule has 0 aliphatic heterocycles. The van der Waals surface area contributed by atoms with Crippen LogP contribution in [0.2, 0.25) is 0 Å². The molecule has 1 unspecified atom stereocenters. The Kier molecular flexibility index (Phi) is 4.94. The molecule has 1 aromatic heterocycles. The lowest BCUT2D eigenvalue weighted by Gasteiger charge is -2.16. The molecule has 2 aromatic rings. The second-order valence-electron chi connectivity index (χ2n) is 4.24. The van der Waals surface area contributed by atoms with Crippen LogP contribution in [-0.2, 0) is 12.6 Å². The predicted octanol–water partition coefficient (Wildman–Crippen LogP) is 5.53. The number of thiophene rings is 1. The van der Waals surface area contributed by atoms with Crippen LogP contribution in [0.3, 0.4) is 0 Å². The third-order valence-electron chi connectivity index (χ3n) is 2.82. The molecule has 0 amide bonds. The van der Waals surface area contributed by atoms with Gasteiger partial charge in [0, 0.05) is 26.3 Å². The first-order valence-corrected chi connectivity index (χ1v) is 8.09. The van der Waals surface area contributed by atoms with Crippen molar-refractivity contribution in [3.05, 3.63) is 54.6 Å². The Morgan fingerprint density at radius 3 is 2.40 bits per heavy atom. The van der Waals surface area contributed by atoms with Crippen LogP contribution in [0.1, 0.15) is 22.0 Å². The second kappa shape index (κ2) is 6.17. The molecule has 7 heteroatoms. The molecule has 0 spiro atoms. The van der Waals surface area contributed by atoms with Gasteiger partial charge in [-0.2, -0.15) is 13.2 Å². The number of alkyl halides is 3. The first-order valence-electron chi connectivity index (χ1n) is 5.63. The molecule has 1 nitrogen and oxygen atoms in total. The van der Waals surface area contributed by atoms with Crippen molar-refractivity contribution in [3.63, 3.8) is 0 Å². The zero-order valence-corrected chi connectivity index (χ0v) is 14.0. The summed E-state index contributed by atoms with van der Waals surface area (Å²) in [4.78, 5) is 1.02. The molecule has 108 valence electrons. The van der Waals surface area contributed by atoms with Gasteiger partial charge in [-0.1, -0.05) is 15.9 Å². The lowest BCUT2D eigenvalue weighted by molar-refractivity contribution is -0.137. The predicted molar refractivity (Wildman–Crippen MR) is 81.8 cm³/mol. The maximum atomic E-state index is 12.7. The number of rotatable bonds is 3. The fourth-order valence-electron chi connectivity index (χ4n) is 1.78. The number of halogens is 5. The van der Waals surface area contributed by atoms with E-state index in [-0.39, 0.29) is 0 Å². The maximum absolute atomic E-state index is 12.7. The molecule has 1 heterocycles. The molecule has 0 radical (unpaired) electrons. The van der Waals surface area contributed by atoms with E-state index in [1.165, 1.54) is 17.4 Å². The quantitative estimate of drug-likeness (QED) is 0.682. The lowest BCUT2D eigenvalue weighted by atomic mass is 10.0. The van der Waals surface area contributed by atoms with E-state index < -0.39 is 17.8 Å². The molecule has 2 rings (SSSR count). The van der Waals surface area contributed by atoms with Gasteiger partial charge in [0.1, 0.15) is 0 Å². The summed E-state index contributed by atoms with van der Waals surface area (Å²) in [5, 5.41) is 1.91. The van der Waals surface area contributed by atoms with Crippen LogP contribution in [0.25, 0.3) is 0 Å². The molecule has 20 heavy (non-hydrogen) atoms. The highest BCUT2D eigenvalue weighted by atomic mass is 79.9. The molecule has 0 aliphatic rings. The molecule has 2 N–H and O–H groups in total. The van der Waals surface area contributed by atoms with Crippen molar-refractivity contribution in [1.82, 2.24) is 0 Å². The van der Waals surface area contributed by atoms with Crippen LogP contribution in [0.4, 0.5) is 13.2 Å². The van der Waals surface area contributed by atoms with Gasteiger partial charge in [-0.3, -0.25) is 0 Å². The summed E-state index contributed by atoms with van der Waals surface area (Å²) in [6.07, 6.45) is -3.88. The van der Waals surface area contributed by atoms with Crippen LogP contribution in [0.5, 0.6) is 0 Å². The maximum Gasteiger partial charge on any atom is 0.416 e. The van der Waals surface area contributed by atoms with Crippen molar-refractivity contribution in [2.45, 2.75) is 18.6 Å². The topological polar surface area (TPSA) is 26.0 Å². The molecular formula is C13H10Br2F3NS. The van der Waals surface area contributed by atoms with Crippen molar-refractivity contribution in [1.29, 1.82) is 0 Å². The Morgan fingerprint density at radius 2 is 1.85 bits per heavy atom. The molecule has 0 fully saturated rings. The van der Waals surface area contributed by atoms with E-state index in [4.69, 9.17) is 5.73 Å². The van der Waals surface area contributed by atoms with Crippen LogP contribution < -0.4 is 5.73 Å². The van der Waals surface area contributed by atoms with Gasteiger partial charge in [0.15, 0.2) is 0 Å². The molecule has 0 saturated carbocycles. The van der Waals surface area contributed by atoms with Gasteiger partial charge < -0.3 is 5.73 Å². The standard InChI is InChI=1S/C13H10Br2F3NS/c14-9-2-1-7(13(16,17)18)5-8(9)11(19)6-12-10(15)3-4-20-12/h1-5,11H,6,19H2. The Morgan fingerprint density at radius 1 is 1.15 bits per heavy atom. The van der Waals surface area contributed by atoms with Crippen molar-refractivity contribution < 1.29 is 13.2 Å².